The molecule has 1 aliphatic heterocycles. The van der Waals surface area contributed by atoms with E-state index in [1.54, 1.807) is 6.92 Å². The minimum absolute atomic E-state index is 0.183. The van der Waals surface area contributed by atoms with E-state index in [0.29, 0.717) is 12.0 Å². The Balaban J connectivity index is 1.91. The fourth-order valence-electron chi connectivity index (χ4n) is 2.67. The van der Waals surface area contributed by atoms with Crippen molar-refractivity contribution in [2.24, 2.45) is 0 Å². The average molecular weight is 325 g/mol. The molecule has 0 spiro atoms. The van der Waals surface area contributed by atoms with Gasteiger partial charge >= 0.3 is 5.69 Å². The van der Waals surface area contributed by atoms with Crippen LogP contribution in [0.5, 0.6) is 0 Å². The zero-order chi connectivity index (χ0) is 16.6. The van der Waals surface area contributed by atoms with Gasteiger partial charge in [-0.05, 0) is 6.92 Å². The van der Waals surface area contributed by atoms with Crippen LogP contribution in [0.25, 0.3) is 0 Å². The molecule has 3 rings (SSSR count). The molecule has 0 radical (unpaired) electrons. The fourth-order valence-corrected chi connectivity index (χ4v) is 2.67. The molecule has 3 atom stereocenters. The number of aromatic amines is 1. The number of aryl methyl sites for hydroxylation is 1. The minimum Gasteiger partial charge on any atom is -0.394 e. The third kappa shape index (κ3) is 2.82. The van der Waals surface area contributed by atoms with Gasteiger partial charge in [0.15, 0.2) is 0 Å². The molecule has 23 heavy (non-hydrogen) atoms. The van der Waals surface area contributed by atoms with Gasteiger partial charge in [0.1, 0.15) is 24.7 Å². The molecule has 124 valence electrons. The van der Waals surface area contributed by atoms with Crippen molar-refractivity contribution >= 4 is 0 Å². The second kappa shape index (κ2) is 6.05. The lowest BCUT2D eigenvalue weighted by Crippen LogP contribution is -2.33. The topological polar surface area (TPSA) is 115 Å². The maximum Gasteiger partial charge on any atom is 0.330 e. The quantitative estimate of drug-likeness (QED) is 0.778. The van der Waals surface area contributed by atoms with Crippen molar-refractivity contribution in [2.45, 2.75) is 38.4 Å². The Morgan fingerprint density at radius 3 is 2.91 bits per heavy atom. The number of halogens is 1. The molecule has 0 saturated carbocycles. The Morgan fingerprint density at radius 2 is 2.26 bits per heavy atom. The number of nitrogens with one attached hydrogen (secondary N) is 1. The van der Waals surface area contributed by atoms with Gasteiger partial charge in [-0.25, -0.2) is 13.9 Å². The number of ether oxygens (including phenoxy) is 1. The SMILES string of the molecule is Cc1cn([C@H]2CC(n3cc(CF)nn3)[C@@H](CO)O2)c(=O)[nH]c1=O. The number of nitrogens with zero attached hydrogens (tertiary/aromatic N) is 4. The predicted molar refractivity (Wildman–Crippen MR) is 75.5 cm³/mol. The molecule has 2 N–H and O–H groups in total. The maximum atomic E-state index is 12.6. The van der Waals surface area contributed by atoms with Crippen molar-refractivity contribution < 1.29 is 14.2 Å². The van der Waals surface area contributed by atoms with Crippen LogP contribution in [0.15, 0.2) is 22.0 Å². The molecule has 0 aliphatic carbocycles. The normalized spacial score (nSPS) is 24.2. The number of hydrogen-bond donors (Lipinski definition) is 2. The first-order valence-electron chi connectivity index (χ1n) is 7.08. The number of aliphatic hydroxyl groups is 1. The molecular formula is C13H16FN5O4. The van der Waals surface area contributed by atoms with E-state index in [9.17, 15) is 19.1 Å². The highest BCUT2D eigenvalue weighted by Crippen LogP contribution is 2.35. The monoisotopic (exact) mass is 325 g/mol. The summed E-state index contributed by atoms with van der Waals surface area (Å²) in [5, 5.41) is 17.0. The Bertz CT molecular complexity index is 813. The molecule has 0 aromatic carbocycles. The second-order valence-corrected chi connectivity index (χ2v) is 5.42. The maximum absolute atomic E-state index is 12.6. The van der Waals surface area contributed by atoms with Crippen LogP contribution in [-0.4, -0.2) is 42.4 Å². The molecule has 2 aromatic heterocycles. The van der Waals surface area contributed by atoms with Gasteiger partial charge in [-0.1, -0.05) is 5.21 Å². The van der Waals surface area contributed by atoms with Crippen molar-refractivity contribution in [3.8, 4) is 0 Å². The molecule has 1 saturated heterocycles. The van der Waals surface area contributed by atoms with Crippen molar-refractivity contribution in [3.63, 3.8) is 0 Å². The Morgan fingerprint density at radius 1 is 1.48 bits per heavy atom. The Hall–Kier alpha value is -2.33. The highest BCUT2D eigenvalue weighted by Gasteiger charge is 2.38. The summed E-state index contributed by atoms with van der Waals surface area (Å²) in [5.74, 6) is 0. The van der Waals surface area contributed by atoms with Gasteiger partial charge < -0.3 is 9.84 Å². The smallest absolute Gasteiger partial charge is 0.330 e. The van der Waals surface area contributed by atoms with Crippen LogP contribution in [0.3, 0.4) is 0 Å². The molecule has 1 aliphatic rings. The average Bonchev–Trinajstić information content (AvgIpc) is 3.16. The van der Waals surface area contributed by atoms with Crippen molar-refractivity contribution in [3.05, 3.63) is 44.5 Å². The lowest BCUT2D eigenvalue weighted by atomic mass is 10.1. The first kappa shape index (κ1) is 15.6. The number of rotatable bonds is 4. The molecule has 1 fully saturated rings. The van der Waals surface area contributed by atoms with Crippen LogP contribution in [-0.2, 0) is 11.4 Å². The van der Waals surface area contributed by atoms with Crippen LogP contribution < -0.4 is 11.2 Å². The number of hydrogen-bond acceptors (Lipinski definition) is 6. The number of aliphatic hydroxyl groups excluding tert-OH is 1. The van der Waals surface area contributed by atoms with Crippen molar-refractivity contribution in [2.75, 3.05) is 6.61 Å². The summed E-state index contributed by atoms with van der Waals surface area (Å²) in [6.45, 7) is 0.554. The van der Waals surface area contributed by atoms with Gasteiger partial charge in [0.25, 0.3) is 5.56 Å². The van der Waals surface area contributed by atoms with Gasteiger partial charge in [0, 0.05) is 18.2 Å². The third-order valence-electron chi connectivity index (χ3n) is 3.87. The molecule has 0 amide bonds. The van der Waals surface area contributed by atoms with Gasteiger partial charge in [0.05, 0.1) is 18.8 Å². The molecule has 0 bridgehead atoms. The van der Waals surface area contributed by atoms with Crippen molar-refractivity contribution in [1.82, 2.24) is 24.5 Å². The van der Waals surface area contributed by atoms with E-state index in [2.05, 4.69) is 15.3 Å². The summed E-state index contributed by atoms with van der Waals surface area (Å²) in [7, 11) is 0. The van der Waals surface area contributed by atoms with Gasteiger partial charge in [0.2, 0.25) is 0 Å². The van der Waals surface area contributed by atoms with E-state index in [0.717, 1.165) is 0 Å². The van der Waals surface area contributed by atoms with Gasteiger partial charge in [-0.2, -0.15) is 0 Å². The summed E-state index contributed by atoms with van der Waals surface area (Å²) >= 11 is 0. The van der Waals surface area contributed by atoms with Crippen molar-refractivity contribution in [1.29, 1.82) is 0 Å². The minimum atomic E-state index is -0.737. The van der Waals surface area contributed by atoms with E-state index in [1.165, 1.54) is 21.6 Å². The molecule has 3 heterocycles. The highest BCUT2D eigenvalue weighted by molar-refractivity contribution is 5.02. The largest absolute Gasteiger partial charge is 0.394 e. The second-order valence-electron chi connectivity index (χ2n) is 5.42. The van der Waals surface area contributed by atoms with Crippen LogP contribution in [0.2, 0.25) is 0 Å². The Kier molecular flexibility index (Phi) is 4.09. The van der Waals surface area contributed by atoms with E-state index in [1.807, 2.05) is 0 Å². The number of aromatic nitrogens is 5. The first-order valence-corrected chi connectivity index (χ1v) is 7.08. The Labute approximate surface area is 129 Å². The standard InChI is InChI=1S/C13H16FN5O4/c1-7-4-18(13(22)15-12(7)21)11-2-9(10(6-20)23-11)19-5-8(3-14)16-17-19/h4-5,9-11,20H,2-3,6H2,1H3,(H,15,21,22)/t9?,10-,11-/m1/s1. The fraction of sp³-hybridized carbons (Fsp3) is 0.538. The van der Waals surface area contributed by atoms with Crippen LogP contribution >= 0.6 is 0 Å². The zero-order valence-corrected chi connectivity index (χ0v) is 12.3. The molecular weight excluding hydrogens is 309 g/mol. The number of alkyl halides is 1. The van der Waals surface area contributed by atoms with Gasteiger partial charge in [-0.3, -0.25) is 14.3 Å². The summed E-state index contributed by atoms with van der Waals surface area (Å²) < 4.78 is 21.0. The predicted octanol–water partition coefficient (Wildman–Crippen LogP) is -0.573. The number of H-pyrrole nitrogens is 1. The summed E-state index contributed by atoms with van der Waals surface area (Å²) in [4.78, 5) is 25.6. The first-order chi connectivity index (χ1) is 11.0. The molecule has 2 aromatic rings. The molecule has 1 unspecified atom stereocenters. The highest BCUT2D eigenvalue weighted by atomic mass is 19.1. The molecule has 9 nitrogen and oxygen atoms in total. The lowest BCUT2D eigenvalue weighted by molar-refractivity contribution is -0.0323. The molecule has 10 heteroatoms. The van der Waals surface area contributed by atoms with E-state index in [-0.39, 0.29) is 12.3 Å². The summed E-state index contributed by atoms with van der Waals surface area (Å²) in [6.07, 6.45) is 1.90. The van der Waals surface area contributed by atoms with Crippen LogP contribution in [0, 0.1) is 6.92 Å². The van der Waals surface area contributed by atoms with E-state index >= 15 is 0 Å². The van der Waals surface area contributed by atoms with Crippen LogP contribution in [0.4, 0.5) is 4.39 Å². The summed E-state index contributed by atoms with van der Waals surface area (Å²) in [6, 6.07) is -0.392. The lowest BCUT2D eigenvalue weighted by Gasteiger charge is -2.15. The zero-order valence-electron chi connectivity index (χ0n) is 12.3. The summed E-state index contributed by atoms with van der Waals surface area (Å²) in [5.41, 5.74) is -0.491. The van der Waals surface area contributed by atoms with Gasteiger partial charge in [-0.15, -0.1) is 5.10 Å². The van der Waals surface area contributed by atoms with Crippen LogP contribution in [0.1, 0.15) is 29.9 Å². The van der Waals surface area contributed by atoms with E-state index < -0.39 is 36.3 Å². The third-order valence-corrected chi connectivity index (χ3v) is 3.87. The van der Waals surface area contributed by atoms with E-state index in [4.69, 9.17) is 4.74 Å².